The van der Waals surface area contributed by atoms with Crippen molar-refractivity contribution in [3.05, 3.63) is 60.3 Å². The van der Waals surface area contributed by atoms with Gasteiger partial charge in [0.05, 0.1) is 6.42 Å². The van der Waals surface area contributed by atoms with Crippen molar-refractivity contribution in [2.75, 3.05) is 31.6 Å². The third-order valence-corrected chi connectivity index (χ3v) is 4.73. The van der Waals surface area contributed by atoms with Crippen LogP contribution in [-0.2, 0) is 11.2 Å². The maximum absolute atomic E-state index is 12.4. The van der Waals surface area contributed by atoms with E-state index >= 15 is 0 Å². The number of ether oxygens (including phenoxy) is 1. The summed E-state index contributed by atoms with van der Waals surface area (Å²) in [6.07, 6.45) is 2.24. The summed E-state index contributed by atoms with van der Waals surface area (Å²) in [7, 11) is 0. The van der Waals surface area contributed by atoms with Gasteiger partial charge in [0.15, 0.2) is 0 Å². The first-order valence-corrected chi connectivity index (χ1v) is 9.49. The van der Waals surface area contributed by atoms with Crippen LogP contribution in [0, 0.1) is 0 Å². The van der Waals surface area contributed by atoms with Crippen LogP contribution < -0.4 is 10.1 Å². The topological polar surface area (TPSA) is 57.4 Å². The van der Waals surface area contributed by atoms with Crippen LogP contribution in [-0.4, -0.2) is 42.0 Å². The summed E-state index contributed by atoms with van der Waals surface area (Å²) >= 11 is 0. The van der Waals surface area contributed by atoms with E-state index in [1.54, 1.807) is 0 Å². The minimum Gasteiger partial charge on any atom is -0.492 e. The molecule has 5 nitrogen and oxygen atoms in total. The van der Waals surface area contributed by atoms with Gasteiger partial charge in [0, 0.05) is 29.3 Å². The largest absolute Gasteiger partial charge is 0.492 e. The fourth-order valence-corrected chi connectivity index (χ4v) is 3.12. The number of para-hydroxylation sites is 1. The van der Waals surface area contributed by atoms with Gasteiger partial charge in [-0.3, -0.25) is 4.79 Å². The zero-order valence-corrected chi connectivity index (χ0v) is 16.0. The lowest BCUT2D eigenvalue weighted by Crippen LogP contribution is -2.27. The van der Waals surface area contributed by atoms with Crippen molar-refractivity contribution in [2.45, 2.75) is 20.3 Å². The molecule has 0 saturated heterocycles. The molecule has 3 rings (SSSR count). The number of aromatic amines is 1. The number of likely N-dealkylation sites (N-methyl/N-ethyl adjacent to an activating group) is 1. The fraction of sp³-hybridized carbons (Fsp3) is 0.318. The molecule has 1 amide bonds. The molecule has 2 aromatic carbocycles. The Morgan fingerprint density at radius 1 is 1.07 bits per heavy atom. The molecule has 0 aliphatic rings. The lowest BCUT2D eigenvalue weighted by Gasteiger charge is -2.18. The van der Waals surface area contributed by atoms with Crippen LogP contribution >= 0.6 is 0 Å². The Hall–Kier alpha value is -2.79. The summed E-state index contributed by atoms with van der Waals surface area (Å²) in [6.45, 7) is 7.93. The maximum atomic E-state index is 12.4. The lowest BCUT2D eigenvalue weighted by molar-refractivity contribution is -0.115. The number of amides is 1. The van der Waals surface area contributed by atoms with Crippen molar-refractivity contribution in [2.24, 2.45) is 0 Å². The Morgan fingerprint density at radius 3 is 2.56 bits per heavy atom. The molecule has 0 aliphatic carbocycles. The molecule has 0 spiro atoms. The maximum Gasteiger partial charge on any atom is 0.228 e. The SMILES string of the molecule is CCN(CC)CCOc1ccc(NC(=O)Cc2c[nH]c3ccccc23)cc1. The number of hydrogen-bond acceptors (Lipinski definition) is 3. The molecule has 1 aromatic heterocycles. The molecular weight excluding hydrogens is 338 g/mol. The third-order valence-electron chi connectivity index (χ3n) is 4.73. The summed E-state index contributed by atoms with van der Waals surface area (Å²) in [5.74, 6) is 0.784. The van der Waals surface area contributed by atoms with Crippen LogP contribution in [0.2, 0.25) is 0 Å². The third kappa shape index (κ3) is 5.11. The summed E-state index contributed by atoms with van der Waals surface area (Å²) < 4.78 is 5.78. The molecule has 5 heteroatoms. The first-order valence-electron chi connectivity index (χ1n) is 9.49. The number of aromatic nitrogens is 1. The van der Waals surface area contributed by atoms with Crippen molar-refractivity contribution in [3.8, 4) is 5.75 Å². The number of rotatable bonds is 9. The standard InChI is InChI=1S/C22H27N3O2/c1-3-25(4-2)13-14-27-19-11-9-18(10-12-19)24-22(26)15-17-16-23-21-8-6-5-7-20(17)21/h5-12,16,23H,3-4,13-15H2,1-2H3,(H,24,26). The molecule has 0 unspecified atom stereocenters. The molecule has 0 radical (unpaired) electrons. The van der Waals surface area contributed by atoms with Crippen molar-refractivity contribution in [1.29, 1.82) is 0 Å². The van der Waals surface area contributed by atoms with Gasteiger partial charge in [0.25, 0.3) is 0 Å². The summed E-state index contributed by atoms with van der Waals surface area (Å²) in [5, 5.41) is 4.04. The number of carbonyl (C=O) groups excluding carboxylic acids is 1. The molecule has 0 fully saturated rings. The highest BCUT2D eigenvalue weighted by Gasteiger charge is 2.09. The highest BCUT2D eigenvalue weighted by molar-refractivity contribution is 5.95. The smallest absolute Gasteiger partial charge is 0.228 e. The lowest BCUT2D eigenvalue weighted by atomic mass is 10.1. The molecule has 27 heavy (non-hydrogen) atoms. The number of benzene rings is 2. The van der Waals surface area contributed by atoms with E-state index in [1.807, 2.05) is 54.7 Å². The van der Waals surface area contributed by atoms with Gasteiger partial charge >= 0.3 is 0 Å². The van der Waals surface area contributed by atoms with Crippen LogP contribution in [0.15, 0.2) is 54.7 Å². The van der Waals surface area contributed by atoms with E-state index in [4.69, 9.17) is 4.74 Å². The molecule has 0 saturated carbocycles. The number of hydrogen-bond donors (Lipinski definition) is 2. The molecule has 0 bridgehead atoms. The molecule has 3 aromatic rings. The molecule has 1 heterocycles. The van der Waals surface area contributed by atoms with E-state index in [2.05, 4.69) is 29.0 Å². The van der Waals surface area contributed by atoms with E-state index in [0.29, 0.717) is 13.0 Å². The van der Waals surface area contributed by atoms with E-state index in [1.165, 1.54) is 0 Å². The van der Waals surface area contributed by atoms with Crippen LogP contribution in [0.4, 0.5) is 5.69 Å². The normalized spacial score (nSPS) is 11.1. The highest BCUT2D eigenvalue weighted by atomic mass is 16.5. The van der Waals surface area contributed by atoms with E-state index < -0.39 is 0 Å². The Morgan fingerprint density at radius 2 is 1.81 bits per heavy atom. The molecular formula is C22H27N3O2. The molecule has 142 valence electrons. The van der Waals surface area contributed by atoms with Gasteiger partial charge in [-0.2, -0.15) is 0 Å². The average Bonchev–Trinajstić information content (AvgIpc) is 3.09. The number of nitrogens with one attached hydrogen (secondary N) is 2. The van der Waals surface area contributed by atoms with Crippen LogP contribution in [0.5, 0.6) is 5.75 Å². The zero-order chi connectivity index (χ0) is 19.1. The van der Waals surface area contributed by atoms with Gasteiger partial charge in [0.2, 0.25) is 5.91 Å². The quantitative estimate of drug-likeness (QED) is 0.601. The molecule has 2 N–H and O–H groups in total. The van der Waals surface area contributed by atoms with Crippen LogP contribution in [0.3, 0.4) is 0 Å². The first kappa shape index (κ1) is 19.0. The van der Waals surface area contributed by atoms with Crippen LogP contribution in [0.1, 0.15) is 19.4 Å². The number of carbonyl (C=O) groups is 1. The van der Waals surface area contributed by atoms with Gasteiger partial charge < -0.3 is 19.9 Å². The first-order chi connectivity index (χ1) is 13.2. The second-order valence-electron chi connectivity index (χ2n) is 6.48. The van der Waals surface area contributed by atoms with E-state index in [-0.39, 0.29) is 5.91 Å². The second kappa shape index (κ2) is 9.24. The molecule has 0 atom stereocenters. The Labute approximate surface area is 160 Å². The van der Waals surface area contributed by atoms with Crippen molar-refractivity contribution in [3.63, 3.8) is 0 Å². The number of nitrogens with zero attached hydrogens (tertiary/aromatic N) is 1. The van der Waals surface area contributed by atoms with E-state index in [0.717, 1.165) is 47.5 Å². The minimum atomic E-state index is -0.0324. The van der Waals surface area contributed by atoms with Crippen molar-refractivity contribution in [1.82, 2.24) is 9.88 Å². The van der Waals surface area contributed by atoms with Gasteiger partial charge in [-0.25, -0.2) is 0 Å². The second-order valence-corrected chi connectivity index (χ2v) is 6.48. The van der Waals surface area contributed by atoms with Crippen molar-refractivity contribution >= 4 is 22.5 Å². The number of fused-ring (bicyclic) bond motifs is 1. The van der Waals surface area contributed by atoms with Gasteiger partial charge in [-0.1, -0.05) is 32.0 Å². The van der Waals surface area contributed by atoms with Gasteiger partial charge in [-0.15, -0.1) is 0 Å². The summed E-state index contributed by atoms with van der Waals surface area (Å²) in [4.78, 5) is 17.9. The van der Waals surface area contributed by atoms with E-state index in [9.17, 15) is 4.79 Å². The average molecular weight is 365 g/mol. The Balaban J connectivity index is 1.51. The number of anilines is 1. The monoisotopic (exact) mass is 365 g/mol. The predicted molar refractivity (Wildman–Crippen MR) is 110 cm³/mol. The van der Waals surface area contributed by atoms with Crippen molar-refractivity contribution < 1.29 is 9.53 Å². The summed E-state index contributed by atoms with van der Waals surface area (Å²) in [6, 6.07) is 15.5. The Bertz CT molecular complexity index is 867. The summed E-state index contributed by atoms with van der Waals surface area (Å²) in [5.41, 5.74) is 2.82. The van der Waals surface area contributed by atoms with Gasteiger partial charge in [0.1, 0.15) is 12.4 Å². The number of H-pyrrole nitrogens is 1. The molecule has 0 aliphatic heterocycles. The zero-order valence-electron chi connectivity index (χ0n) is 16.0. The highest BCUT2D eigenvalue weighted by Crippen LogP contribution is 2.19. The predicted octanol–water partition coefficient (Wildman–Crippen LogP) is 4.07. The Kier molecular flexibility index (Phi) is 6.49. The van der Waals surface area contributed by atoms with Crippen LogP contribution in [0.25, 0.3) is 10.9 Å². The fourth-order valence-electron chi connectivity index (χ4n) is 3.12. The minimum absolute atomic E-state index is 0.0324. The van der Waals surface area contributed by atoms with Gasteiger partial charge in [-0.05, 0) is 49.0 Å².